The van der Waals surface area contributed by atoms with Crippen LogP contribution in [0.2, 0.25) is 0 Å². The van der Waals surface area contributed by atoms with Gasteiger partial charge >= 0.3 is 0 Å². The van der Waals surface area contributed by atoms with E-state index in [0.717, 1.165) is 35.2 Å². The van der Waals surface area contributed by atoms with Gasteiger partial charge in [-0.05, 0) is 28.9 Å². The summed E-state index contributed by atoms with van der Waals surface area (Å²) in [6.07, 6.45) is 1.24. The SMILES string of the molecule is CCCN1CCN(c2nnc(Br)s2)CC1. The Morgan fingerprint density at radius 1 is 1.27 bits per heavy atom. The lowest BCUT2D eigenvalue weighted by molar-refractivity contribution is 0.258. The molecule has 1 aromatic rings. The maximum absolute atomic E-state index is 4.14. The van der Waals surface area contributed by atoms with Gasteiger partial charge in [0.05, 0.1) is 0 Å². The molecule has 1 aromatic heterocycles. The Labute approximate surface area is 102 Å². The van der Waals surface area contributed by atoms with Crippen molar-refractivity contribution in [2.75, 3.05) is 37.6 Å². The molecule has 0 saturated carbocycles. The average Bonchev–Trinajstić information content (AvgIpc) is 2.67. The summed E-state index contributed by atoms with van der Waals surface area (Å²) in [5.74, 6) is 0. The number of hydrogen-bond acceptors (Lipinski definition) is 5. The summed E-state index contributed by atoms with van der Waals surface area (Å²) in [7, 11) is 0. The van der Waals surface area contributed by atoms with Crippen LogP contribution in [0.25, 0.3) is 0 Å². The van der Waals surface area contributed by atoms with Crippen molar-refractivity contribution in [3.8, 4) is 0 Å². The molecular weight excluding hydrogens is 276 g/mol. The van der Waals surface area contributed by atoms with E-state index in [1.165, 1.54) is 13.0 Å². The summed E-state index contributed by atoms with van der Waals surface area (Å²) in [6, 6.07) is 0. The molecule has 1 saturated heterocycles. The summed E-state index contributed by atoms with van der Waals surface area (Å²) >= 11 is 4.95. The van der Waals surface area contributed by atoms with E-state index in [4.69, 9.17) is 0 Å². The fraction of sp³-hybridized carbons (Fsp3) is 0.778. The fourth-order valence-corrected chi connectivity index (χ4v) is 2.94. The summed E-state index contributed by atoms with van der Waals surface area (Å²) < 4.78 is 0.869. The Balaban J connectivity index is 1.88. The molecule has 0 aliphatic carbocycles. The number of hydrogen-bond donors (Lipinski definition) is 0. The molecule has 0 spiro atoms. The maximum Gasteiger partial charge on any atom is 0.209 e. The molecule has 0 N–H and O–H groups in total. The topological polar surface area (TPSA) is 32.3 Å². The third-order valence-electron chi connectivity index (χ3n) is 2.57. The Morgan fingerprint density at radius 3 is 2.53 bits per heavy atom. The highest BCUT2D eigenvalue weighted by Gasteiger charge is 2.18. The molecule has 2 rings (SSSR count). The first-order valence-corrected chi connectivity index (χ1v) is 6.87. The highest BCUT2D eigenvalue weighted by Crippen LogP contribution is 2.24. The third kappa shape index (κ3) is 2.89. The van der Waals surface area contributed by atoms with E-state index in [9.17, 15) is 0 Å². The third-order valence-corrected chi connectivity index (χ3v) is 3.99. The van der Waals surface area contributed by atoms with E-state index in [1.807, 2.05) is 0 Å². The van der Waals surface area contributed by atoms with E-state index in [1.54, 1.807) is 11.3 Å². The van der Waals surface area contributed by atoms with Crippen LogP contribution in [-0.4, -0.2) is 47.8 Å². The first kappa shape index (κ1) is 11.3. The van der Waals surface area contributed by atoms with Crippen LogP contribution in [0.3, 0.4) is 0 Å². The minimum atomic E-state index is 0.869. The van der Waals surface area contributed by atoms with Gasteiger partial charge in [0.2, 0.25) is 5.13 Å². The van der Waals surface area contributed by atoms with Crippen LogP contribution >= 0.6 is 27.3 Å². The molecule has 6 heteroatoms. The number of nitrogens with zero attached hydrogens (tertiary/aromatic N) is 4. The molecule has 0 aromatic carbocycles. The van der Waals surface area contributed by atoms with Crippen molar-refractivity contribution in [1.29, 1.82) is 0 Å². The molecule has 1 aliphatic heterocycles. The van der Waals surface area contributed by atoms with Crippen molar-refractivity contribution in [1.82, 2.24) is 15.1 Å². The second-order valence-corrected chi connectivity index (χ2v) is 5.90. The normalized spacial score (nSPS) is 18.4. The van der Waals surface area contributed by atoms with Gasteiger partial charge in [-0.2, -0.15) is 0 Å². The smallest absolute Gasteiger partial charge is 0.209 e. The van der Waals surface area contributed by atoms with Crippen LogP contribution in [0.5, 0.6) is 0 Å². The number of halogens is 1. The molecule has 4 nitrogen and oxygen atoms in total. The molecule has 2 heterocycles. The zero-order chi connectivity index (χ0) is 10.7. The van der Waals surface area contributed by atoms with E-state index >= 15 is 0 Å². The van der Waals surface area contributed by atoms with Crippen LogP contribution in [0.1, 0.15) is 13.3 Å². The van der Waals surface area contributed by atoms with Gasteiger partial charge in [-0.1, -0.05) is 18.3 Å². The summed E-state index contributed by atoms with van der Waals surface area (Å²) in [5, 5.41) is 9.16. The second-order valence-electron chi connectivity index (χ2n) is 3.67. The van der Waals surface area contributed by atoms with E-state index in [2.05, 4.69) is 42.9 Å². The molecule has 0 atom stereocenters. The number of rotatable bonds is 3. The van der Waals surface area contributed by atoms with Gasteiger partial charge in [-0.3, -0.25) is 4.90 Å². The Morgan fingerprint density at radius 2 is 2.00 bits per heavy atom. The molecule has 0 unspecified atom stereocenters. The molecule has 0 bridgehead atoms. The average molecular weight is 291 g/mol. The van der Waals surface area contributed by atoms with Crippen molar-refractivity contribution in [3.05, 3.63) is 3.92 Å². The van der Waals surface area contributed by atoms with E-state index in [0.29, 0.717) is 0 Å². The van der Waals surface area contributed by atoms with Crippen molar-refractivity contribution in [3.63, 3.8) is 0 Å². The Hall–Kier alpha value is -0.200. The zero-order valence-corrected chi connectivity index (χ0v) is 11.2. The van der Waals surface area contributed by atoms with Gasteiger partial charge in [-0.25, -0.2) is 0 Å². The summed E-state index contributed by atoms with van der Waals surface area (Å²) in [4.78, 5) is 4.82. The highest BCUT2D eigenvalue weighted by atomic mass is 79.9. The monoisotopic (exact) mass is 290 g/mol. The number of anilines is 1. The highest BCUT2D eigenvalue weighted by molar-refractivity contribution is 9.11. The largest absolute Gasteiger partial charge is 0.344 e. The van der Waals surface area contributed by atoms with Gasteiger partial charge < -0.3 is 4.90 Å². The van der Waals surface area contributed by atoms with Crippen molar-refractivity contribution in [2.24, 2.45) is 0 Å². The lowest BCUT2D eigenvalue weighted by atomic mass is 10.3. The summed E-state index contributed by atoms with van der Waals surface area (Å²) in [6.45, 7) is 7.88. The first-order valence-electron chi connectivity index (χ1n) is 5.26. The molecule has 1 fully saturated rings. The van der Waals surface area contributed by atoms with Crippen molar-refractivity contribution in [2.45, 2.75) is 13.3 Å². The standard InChI is InChI=1S/C9H15BrN4S/c1-2-3-13-4-6-14(7-5-13)9-12-11-8(10)15-9/h2-7H2,1H3. The molecule has 0 amide bonds. The lowest BCUT2D eigenvalue weighted by Gasteiger charge is -2.33. The van der Waals surface area contributed by atoms with Crippen LogP contribution in [-0.2, 0) is 0 Å². The Kier molecular flexibility index (Phi) is 3.93. The zero-order valence-electron chi connectivity index (χ0n) is 8.82. The van der Waals surface area contributed by atoms with Crippen LogP contribution in [0.15, 0.2) is 3.92 Å². The van der Waals surface area contributed by atoms with Crippen LogP contribution < -0.4 is 4.90 Å². The predicted molar refractivity (Wildman–Crippen MR) is 66.6 cm³/mol. The second kappa shape index (κ2) is 5.23. The minimum absolute atomic E-state index is 0.869. The number of piperazine rings is 1. The van der Waals surface area contributed by atoms with Gasteiger partial charge in [0, 0.05) is 26.2 Å². The van der Waals surface area contributed by atoms with Crippen molar-refractivity contribution >= 4 is 32.4 Å². The number of aromatic nitrogens is 2. The maximum atomic E-state index is 4.14. The van der Waals surface area contributed by atoms with E-state index < -0.39 is 0 Å². The molecule has 15 heavy (non-hydrogen) atoms. The molecule has 84 valence electrons. The van der Waals surface area contributed by atoms with Gasteiger partial charge in [0.1, 0.15) is 0 Å². The van der Waals surface area contributed by atoms with Crippen LogP contribution in [0, 0.1) is 0 Å². The fourth-order valence-electron chi connectivity index (χ4n) is 1.81. The lowest BCUT2D eigenvalue weighted by Crippen LogP contribution is -2.46. The minimum Gasteiger partial charge on any atom is -0.344 e. The molecule has 0 radical (unpaired) electrons. The van der Waals surface area contributed by atoms with Crippen molar-refractivity contribution < 1.29 is 0 Å². The van der Waals surface area contributed by atoms with E-state index in [-0.39, 0.29) is 0 Å². The predicted octanol–water partition coefficient (Wildman–Crippen LogP) is 1.83. The van der Waals surface area contributed by atoms with Gasteiger partial charge in [0.15, 0.2) is 3.92 Å². The van der Waals surface area contributed by atoms with Gasteiger partial charge in [0.25, 0.3) is 0 Å². The van der Waals surface area contributed by atoms with Gasteiger partial charge in [-0.15, -0.1) is 10.2 Å². The molecule has 1 aliphatic rings. The molecular formula is C9H15BrN4S. The first-order chi connectivity index (χ1) is 7.29. The van der Waals surface area contributed by atoms with Crippen LogP contribution in [0.4, 0.5) is 5.13 Å². The quantitative estimate of drug-likeness (QED) is 0.850. The summed E-state index contributed by atoms with van der Waals surface area (Å²) in [5.41, 5.74) is 0. The Bertz CT molecular complexity index is 309.